The molecule has 0 amide bonds. The topological polar surface area (TPSA) is 28.2 Å². The molecule has 1 heterocycles. The molecule has 0 atom stereocenters. The number of nitrogens with zero attached hydrogens (tertiary/aromatic N) is 2. The van der Waals surface area contributed by atoms with Gasteiger partial charge in [0.25, 0.3) is 0 Å². The van der Waals surface area contributed by atoms with Crippen molar-refractivity contribution in [3.05, 3.63) is 36.5 Å². The van der Waals surface area contributed by atoms with E-state index in [1.807, 2.05) is 6.20 Å². The van der Waals surface area contributed by atoms with Crippen molar-refractivity contribution in [1.82, 2.24) is 10.3 Å². The summed E-state index contributed by atoms with van der Waals surface area (Å²) < 4.78 is 0. The molecular weight excluding hydrogens is 246 g/mol. The highest BCUT2D eigenvalue weighted by atomic mass is 15.1. The lowest BCUT2D eigenvalue weighted by molar-refractivity contribution is 0.351. The Hall–Kier alpha value is -1.61. The summed E-state index contributed by atoms with van der Waals surface area (Å²) in [5.41, 5.74) is 2.39. The van der Waals surface area contributed by atoms with Gasteiger partial charge in [-0.3, -0.25) is 4.98 Å². The second-order valence-corrected chi connectivity index (χ2v) is 5.75. The number of fused-ring (bicyclic) bond motifs is 1. The Kier molecular flexibility index (Phi) is 3.88. The van der Waals surface area contributed by atoms with Crippen molar-refractivity contribution in [2.24, 2.45) is 0 Å². The fourth-order valence-corrected chi connectivity index (χ4v) is 3.34. The lowest BCUT2D eigenvalue weighted by atomic mass is 9.90. The SMILES string of the molecule is CNC1CCC(N(C)c2ccnc3ccccc23)CC1. The van der Waals surface area contributed by atoms with E-state index in [9.17, 15) is 0 Å². The Morgan fingerprint density at radius 3 is 2.60 bits per heavy atom. The third-order valence-electron chi connectivity index (χ3n) is 4.66. The summed E-state index contributed by atoms with van der Waals surface area (Å²) in [6.07, 6.45) is 6.99. The molecule has 1 N–H and O–H groups in total. The highest BCUT2D eigenvalue weighted by molar-refractivity contribution is 5.91. The molecule has 1 saturated carbocycles. The maximum atomic E-state index is 4.46. The normalized spacial score (nSPS) is 22.9. The third kappa shape index (κ3) is 2.50. The van der Waals surface area contributed by atoms with E-state index in [-0.39, 0.29) is 0 Å². The number of nitrogens with one attached hydrogen (secondary N) is 1. The molecule has 2 aromatic rings. The number of hydrogen-bond donors (Lipinski definition) is 1. The van der Waals surface area contributed by atoms with Crippen molar-refractivity contribution in [2.45, 2.75) is 37.8 Å². The zero-order chi connectivity index (χ0) is 13.9. The maximum absolute atomic E-state index is 4.46. The molecule has 0 spiro atoms. The minimum absolute atomic E-state index is 0.644. The van der Waals surface area contributed by atoms with Crippen LogP contribution in [0.1, 0.15) is 25.7 Å². The number of para-hydroxylation sites is 1. The Balaban J connectivity index is 1.84. The van der Waals surface area contributed by atoms with Crippen molar-refractivity contribution in [2.75, 3.05) is 19.0 Å². The van der Waals surface area contributed by atoms with Crippen LogP contribution in [-0.4, -0.2) is 31.2 Å². The lowest BCUT2D eigenvalue weighted by Gasteiger charge is -2.36. The Morgan fingerprint density at radius 2 is 1.85 bits per heavy atom. The van der Waals surface area contributed by atoms with Crippen LogP contribution in [0.2, 0.25) is 0 Å². The molecular formula is C17H23N3. The number of anilines is 1. The van der Waals surface area contributed by atoms with Crippen LogP contribution in [-0.2, 0) is 0 Å². The number of rotatable bonds is 3. The van der Waals surface area contributed by atoms with Crippen molar-refractivity contribution in [3.63, 3.8) is 0 Å². The van der Waals surface area contributed by atoms with Gasteiger partial charge in [-0.2, -0.15) is 0 Å². The highest BCUT2D eigenvalue weighted by Gasteiger charge is 2.24. The molecule has 1 aromatic heterocycles. The third-order valence-corrected chi connectivity index (χ3v) is 4.66. The molecule has 0 radical (unpaired) electrons. The van der Waals surface area contributed by atoms with Crippen molar-refractivity contribution in [1.29, 1.82) is 0 Å². The van der Waals surface area contributed by atoms with Crippen LogP contribution < -0.4 is 10.2 Å². The average Bonchev–Trinajstić information content (AvgIpc) is 2.54. The summed E-state index contributed by atoms with van der Waals surface area (Å²) in [6.45, 7) is 0. The van der Waals surface area contributed by atoms with Gasteiger partial charge in [0, 0.05) is 36.4 Å². The quantitative estimate of drug-likeness (QED) is 0.927. The number of aromatic nitrogens is 1. The predicted octanol–water partition coefficient (Wildman–Crippen LogP) is 3.20. The summed E-state index contributed by atoms with van der Waals surface area (Å²) in [5, 5.41) is 4.66. The Morgan fingerprint density at radius 1 is 1.10 bits per heavy atom. The van der Waals surface area contributed by atoms with E-state index in [0.29, 0.717) is 12.1 Å². The monoisotopic (exact) mass is 269 g/mol. The van der Waals surface area contributed by atoms with Gasteiger partial charge in [-0.25, -0.2) is 0 Å². The predicted molar refractivity (Wildman–Crippen MR) is 85.2 cm³/mol. The summed E-state index contributed by atoms with van der Waals surface area (Å²) in [7, 11) is 4.30. The maximum Gasteiger partial charge on any atom is 0.0722 e. The zero-order valence-corrected chi connectivity index (χ0v) is 12.3. The van der Waals surface area contributed by atoms with Crippen LogP contribution in [0.15, 0.2) is 36.5 Å². The van der Waals surface area contributed by atoms with Gasteiger partial charge in [0.1, 0.15) is 0 Å². The van der Waals surface area contributed by atoms with E-state index in [4.69, 9.17) is 0 Å². The van der Waals surface area contributed by atoms with E-state index in [1.54, 1.807) is 0 Å². The van der Waals surface area contributed by atoms with Crippen LogP contribution in [0.25, 0.3) is 10.9 Å². The minimum atomic E-state index is 0.644. The van der Waals surface area contributed by atoms with E-state index < -0.39 is 0 Å². The van der Waals surface area contributed by atoms with Crippen LogP contribution in [0, 0.1) is 0 Å². The largest absolute Gasteiger partial charge is 0.371 e. The molecule has 20 heavy (non-hydrogen) atoms. The lowest BCUT2D eigenvalue weighted by Crippen LogP contribution is -2.39. The average molecular weight is 269 g/mol. The molecule has 1 aliphatic carbocycles. The van der Waals surface area contributed by atoms with E-state index in [2.05, 4.69) is 59.6 Å². The fraction of sp³-hybridized carbons (Fsp3) is 0.471. The van der Waals surface area contributed by atoms with Gasteiger partial charge in [-0.1, -0.05) is 18.2 Å². The second kappa shape index (κ2) is 5.80. The van der Waals surface area contributed by atoms with Crippen molar-refractivity contribution >= 4 is 16.6 Å². The summed E-state index contributed by atoms with van der Waals surface area (Å²) >= 11 is 0. The van der Waals surface area contributed by atoms with E-state index in [0.717, 1.165) is 5.52 Å². The molecule has 0 unspecified atom stereocenters. The van der Waals surface area contributed by atoms with Gasteiger partial charge in [0.05, 0.1) is 5.52 Å². The van der Waals surface area contributed by atoms with Crippen LogP contribution in [0.3, 0.4) is 0 Å². The number of benzene rings is 1. The van der Waals surface area contributed by atoms with E-state index >= 15 is 0 Å². The molecule has 0 aliphatic heterocycles. The van der Waals surface area contributed by atoms with Gasteiger partial charge in [-0.15, -0.1) is 0 Å². The Bertz CT molecular complexity index is 568. The molecule has 3 heteroatoms. The molecule has 1 aliphatic rings. The smallest absolute Gasteiger partial charge is 0.0722 e. The first-order valence-electron chi connectivity index (χ1n) is 7.53. The summed E-state index contributed by atoms with van der Waals surface area (Å²) in [6, 6.07) is 11.9. The van der Waals surface area contributed by atoms with Crippen LogP contribution in [0.5, 0.6) is 0 Å². The zero-order valence-electron chi connectivity index (χ0n) is 12.3. The first-order valence-corrected chi connectivity index (χ1v) is 7.53. The van der Waals surface area contributed by atoms with Crippen molar-refractivity contribution in [3.8, 4) is 0 Å². The highest BCUT2D eigenvalue weighted by Crippen LogP contribution is 2.30. The first kappa shape index (κ1) is 13.4. The molecule has 3 nitrogen and oxygen atoms in total. The minimum Gasteiger partial charge on any atom is -0.371 e. The van der Waals surface area contributed by atoms with Gasteiger partial charge >= 0.3 is 0 Å². The number of pyridine rings is 1. The first-order chi connectivity index (χ1) is 9.79. The van der Waals surface area contributed by atoms with Crippen LogP contribution in [0.4, 0.5) is 5.69 Å². The van der Waals surface area contributed by atoms with Gasteiger partial charge < -0.3 is 10.2 Å². The van der Waals surface area contributed by atoms with Gasteiger partial charge in [0.2, 0.25) is 0 Å². The second-order valence-electron chi connectivity index (χ2n) is 5.75. The van der Waals surface area contributed by atoms with Crippen molar-refractivity contribution < 1.29 is 0 Å². The molecule has 0 bridgehead atoms. The molecule has 0 saturated heterocycles. The van der Waals surface area contributed by atoms with Crippen LogP contribution >= 0.6 is 0 Å². The molecule has 1 fully saturated rings. The summed E-state index contributed by atoms with van der Waals surface area (Å²) in [5.74, 6) is 0. The fourth-order valence-electron chi connectivity index (χ4n) is 3.34. The molecule has 106 valence electrons. The Labute approximate surface area is 121 Å². The molecule has 1 aromatic carbocycles. The molecule has 3 rings (SSSR count). The number of hydrogen-bond acceptors (Lipinski definition) is 3. The van der Waals surface area contributed by atoms with E-state index in [1.165, 1.54) is 36.8 Å². The summed E-state index contributed by atoms with van der Waals surface area (Å²) in [4.78, 5) is 6.91. The van der Waals surface area contributed by atoms with Gasteiger partial charge in [-0.05, 0) is 44.9 Å². The van der Waals surface area contributed by atoms with Gasteiger partial charge in [0.15, 0.2) is 0 Å². The standard InChI is InChI=1S/C17H23N3/c1-18-13-7-9-14(10-8-13)20(2)17-11-12-19-16-6-4-3-5-15(16)17/h3-6,11-14,18H,7-10H2,1-2H3.